The van der Waals surface area contributed by atoms with Crippen LogP contribution < -0.4 is 0 Å². The summed E-state index contributed by atoms with van der Waals surface area (Å²) in [6, 6.07) is 10.4. The molecule has 1 aliphatic rings. The summed E-state index contributed by atoms with van der Waals surface area (Å²) in [7, 11) is 0. The Hall–Kier alpha value is -1.64. The molecule has 3 heteroatoms. The third-order valence-corrected chi connectivity index (χ3v) is 3.91. The largest absolute Gasteiger partial charge is 0.273 e. The van der Waals surface area contributed by atoms with Gasteiger partial charge in [-0.05, 0) is 38.2 Å². The van der Waals surface area contributed by atoms with Crippen LogP contribution in [0.2, 0.25) is 0 Å². The van der Waals surface area contributed by atoms with Crippen LogP contribution in [-0.2, 0) is 11.2 Å². The molecule has 0 aromatic heterocycles. The summed E-state index contributed by atoms with van der Waals surface area (Å²) in [5.41, 5.74) is 2.08. The lowest BCUT2D eigenvalue weighted by Crippen LogP contribution is -2.42. The number of carbonyl (C=O) groups excluding carboxylic acids is 1. The van der Waals surface area contributed by atoms with Crippen LogP contribution in [0.5, 0.6) is 0 Å². The zero-order valence-corrected chi connectivity index (χ0v) is 12.9. The summed E-state index contributed by atoms with van der Waals surface area (Å²) < 4.78 is 0. The van der Waals surface area contributed by atoms with Gasteiger partial charge in [-0.25, -0.2) is 5.01 Å². The second kappa shape index (κ2) is 5.78. The third kappa shape index (κ3) is 3.27. The number of nitrogens with zero attached hydrogens (tertiary/aromatic N) is 2. The van der Waals surface area contributed by atoms with Crippen molar-refractivity contribution in [2.24, 2.45) is 11.0 Å². The van der Waals surface area contributed by atoms with E-state index < -0.39 is 0 Å². The lowest BCUT2D eigenvalue weighted by atomic mass is 9.94. The summed E-state index contributed by atoms with van der Waals surface area (Å²) in [6.45, 7) is 8.38. The molecule has 0 saturated heterocycles. The number of hydrogen-bond donors (Lipinski definition) is 0. The molecule has 0 fully saturated rings. The average Bonchev–Trinajstić information content (AvgIpc) is 2.81. The van der Waals surface area contributed by atoms with Crippen molar-refractivity contribution >= 4 is 11.6 Å². The van der Waals surface area contributed by atoms with Crippen molar-refractivity contribution in [1.82, 2.24) is 5.01 Å². The normalized spacial score (nSPS) is 15.9. The lowest BCUT2D eigenvalue weighted by molar-refractivity contribution is -0.133. The van der Waals surface area contributed by atoms with Crippen molar-refractivity contribution in [3.8, 4) is 0 Å². The molecular formula is C17H24N2O. The Morgan fingerprint density at radius 2 is 1.90 bits per heavy atom. The van der Waals surface area contributed by atoms with E-state index in [4.69, 9.17) is 0 Å². The topological polar surface area (TPSA) is 32.7 Å². The summed E-state index contributed by atoms with van der Waals surface area (Å²) in [5.74, 6) is 0.473. The van der Waals surface area contributed by atoms with Gasteiger partial charge in [0.05, 0.1) is 17.7 Å². The van der Waals surface area contributed by atoms with E-state index in [2.05, 4.69) is 57.1 Å². The van der Waals surface area contributed by atoms with Crippen LogP contribution in [0.3, 0.4) is 0 Å². The van der Waals surface area contributed by atoms with Crippen molar-refractivity contribution in [2.75, 3.05) is 0 Å². The van der Waals surface area contributed by atoms with Gasteiger partial charge in [0.1, 0.15) is 0 Å². The molecule has 0 unspecified atom stereocenters. The first-order chi connectivity index (χ1) is 9.40. The minimum atomic E-state index is -0.233. The lowest BCUT2D eigenvalue weighted by Gasteiger charge is -2.32. The number of benzene rings is 1. The van der Waals surface area contributed by atoms with Crippen LogP contribution in [0.1, 0.15) is 46.1 Å². The first kappa shape index (κ1) is 14.8. The third-order valence-electron chi connectivity index (χ3n) is 3.91. The number of aryl methyl sites for hydroxylation is 1. The Morgan fingerprint density at radius 3 is 2.45 bits per heavy atom. The van der Waals surface area contributed by atoms with Gasteiger partial charge in [0.25, 0.3) is 0 Å². The van der Waals surface area contributed by atoms with Crippen LogP contribution in [0.25, 0.3) is 0 Å². The summed E-state index contributed by atoms with van der Waals surface area (Å²) >= 11 is 0. The minimum Gasteiger partial charge on any atom is -0.273 e. The van der Waals surface area contributed by atoms with Gasteiger partial charge in [-0.1, -0.05) is 44.2 Å². The summed E-state index contributed by atoms with van der Waals surface area (Å²) in [5, 5.41) is 6.25. The van der Waals surface area contributed by atoms with Crippen LogP contribution in [0, 0.1) is 5.92 Å². The highest BCUT2D eigenvalue weighted by molar-refractivity contribution is 6.06. The molecule has 108 valence electrons. The Kier molecular flexibility index (Phi) is 4.26. The molecule has 3 nitrogen and oxygen atoms in total. The zero-order valence-electron chi connectivity index (χ0n) is 12.9. The van der Waals surface area contributed by atoms with Gasteiger partial charge in [-0.2, -0.15) is 5.10 Å². The van der Waals surface area contributed by atoms with Crippen LogP contribution in [-0.4, -0.2) is 22.2 Å². The molecule has 1 amide bonds. The van der Waals surface area contributed by atoms with E-state index in [1.807, 2.05) is 6.07 Å². The van der Waals surface area contributed by atoms with Crippen LogP contribution >= 0.6 is 0 Å². The smallest absolute Gasteiger partial charge is 0.248 e. The van der Waals surface area contributed by atoms with E-state index in [9.17, 15) is 4.79 Å². The molecule has 2 rings (SSSR count). The first-order valence-electron chi connectivity index (χ1n) is 7.34. The van der Waals surface area contributed by atoms with Gasteiger partial charge in [-0.15, -0.1) is 0 Å². The van der Waals surface area contributed by atoms with E-state index in [1.165, 1.54) is 5.56 Å². The van der Waals surface area contributed by atoms with Gasteiger partial charge in [-0.3, -0.25) is 4.79 Å². The second-order valence-electron chi connectivity index (χ2n) is 6.43. The zero-order chi connectivity index (χ0) is 14.8. The van der Waals surface area contributed by atoms with Crippen molar-refractivity contribution in [3.05, 3.63) is 35.9 Å². The molecule has 0 radical (unpaired) electrons. The van der Waals surface area contributed by atoms with Crippen LogP contribution in [0.4, 0.5) is 0 Å². The molecule has 20 heavy (non-hydrogen) atoms. The predicted molar refractivity (Wildman–Crippen MR) is 82.6 cm³/mol. The highest BCUT2D eigenvalue weighted by atomic mass is 16.2. The number of hydrogen-bond acceptors (Lipinski definition) is 2. The van der Waals surface area contributed by atoms with Gasteiger partial charge in [0.2, 0.25) is 5.91 Å². The Morgan fingerprint density at radius 1 is 1.25 bits per heavy atom. The predicted octanol–water partition coefficient (Wildman–Crippen LogP) is 3.64. The molecule has 0 N–H and O–H groups in total. The molecule has 0 spiro atoms. The fourth-order valence-corrected chi connectivity index (χ4v) is 2.44. The molecule has 0 atom stereocenters. The molecule has 0 aliphatic carbocycles. The fourth-order valence-electron chi connectivity index (χ4n) is 2.44. The Balaban J connectivity index is 2.05. The van der Waals surface area contributed by atoms with Gasteiger partial charge >= 0.3 is 0 Å². The number of carbonyl (C=O) groups is 1. The second-order valence-corrected chi connectivity index (χ2v) is 6.43. The molecule has 0 saturated carbocycles. The Labute approximate surface area is 121 Å². The molecule has 1 heterocycles. The maximum absolute atomic E-state index is 12.2. The maximum atomic E-state index is 12.2. The van der Waals surface area contributed by atoms with Crippen molar-refractivity contribution in [2.45, 2.75) is 52.5 Å². The van der Waals surface area contributed by atoms with Crippen LogP contribution in [0.15, 0.2) is 35.4 Å². The quantitative estimate of drug-likeness (QED) is 0.805. The average molecular weight is 272 g/mol. The van der Waals surface area contributed by atoms with Crippen molar-refractivity contribution < 1.29 is 4.79 Å². The summed E-state index contributed by atoms with van der Waals surface area (Å²) in [4.78, 5) is 12.2. The first-order valence-corrected chi connectivity index (χ1v) is 7.34. The standard InChI is InChI=1S/C17H24N2O/c1-13(2)15-12-16(20)19(18-15)17(3,4)11-10-14-8-6-5-7-9-14/h5-9,13H,10-12H2,1-4H3. The van der Waals surface area contributed by atoms with Gasteiger partial charge in [0, 0.05) is 0 Å². The minimum absolute atomic E-state index is 0.131. The number of hydrazone groups is 1. The van der Waals surface area contributed by atoms with E-state index in [0.717, 1.165) is 18.6 Å². The van der Waals surface area contributed by atoms with Gasteiger partial charge in [0.15, 0.2) is 0 Å². The van der Waals surface area contributed by atoms with Gasteiger partial charge < -0.3 is 0 Å². The number of amides is 1. The maximum Gasteiger partial charge on any atom is 0.248 e. The molecule has 1 aromatic rings. The molecule has 1 aromatic carbocycles. The van der Waals surface area contributed by atoms with E-state index >= 15 is 0 Å². The fraction of sp³-hybridized carbons (Fsp3) is 0.529. The van der Waals surface area contributed by atoms with Crippen molar-refractivity contribution in [3.63, 3.8) is 0 Å². The highest BCUT2D eigenvalue weighted by Gasteiger charge is 2.36. The highest BCUT2D eigenvalue weighted by Crippen LogP contribution is 2.27. The molecular weight excluding hydrogens is 248 g/mol. The molecule has 1 aliphatic heterocycles. The van der Waals surface area contributed by atoms with E-state index in [1.54, 1.807) is 5.01 Å². The van der Waals surface area contributed by atoms with Crippen molar-refractivity contribution in [1.29, 1.82) is 0 Å². The monoisotopic (exact) mass is 272 g/mol. The Bertz CT molecular complexity index is 503. The number of rotatable bonds is 5. The molecule has 0 bridgehead atoms. The summed E-state index contributed by atoms with van der Waals surface area (Å²) in [6.07, 6.45) is 2.36. The van der Waals surface area contributed by atoms with E-state index in [-0.39, 0.29) is 11.4 Å². The SMILES string of the molecule is CC(C)C1=NN(C(C)(C)CCc2ccccc2)C(=O)C1. The van der Waals surface area contributed by atoms with E-state index in [0.29, 0.717) is 12.3 Å².